The molecule has 2 rings (SSSR count). The van der Waals surface area contributed by atoms with E-state index in [1.807, 2.05) is 25.1 Å². The summed E-state index contributed by atoms with van der Waals surface area (Å²) in [4.78, 5) is 25.1. The molecule has 1 aliphatic rings. The lowest BCUT2D eigenvalue weighted by atomic mass is 10.1. The second kappa shape index (κ2) is 4.99. The Hall–Kier alpha value is -1.84. The molecule has 0 bridgehead atoms. The molecular formula is C13H16N2O2. The quantitative estimate of drug-likeness (QED) is 0.843. The Bertz CT molecular complexity index is 439. The van der Waals surface area contributed by atoms with E-state index in [2.05, 4.69) is 5.32 Å². The van der Waals surface area contributed by atoms with Gasteiger partial charge in [0, 0.05) is 18.7 Å². The van der Waals surface area contributed by atoms with Gasteiger partial charge >= 0.3 is 0 Å². The van der Waals surface area contributed by atoms with Crippen molar-refractivity contribution in [1.82, 2.24) is 10.2 Å². The molecule has 1 aromatic carbocycles. The molecule has 1 heterocycles. The lowest BCUT2D eigenvalue weighted by molar-refractivity contribution is -0.133. The summed E-state index contributed by atoms with van der Waals surface area (Å²) >= 11 is 0. The minimum Gasteiger partial charge on any atom is -0.343 e. The number of hydrogen-bond donors (Lipinski definition) is 1. The smallest absolute Gasteiger partial charge is 0.251 e. The number of nitrogens with zero attached hydrogens (tertiary/aromatic N) is 1. The third kappa shape index (κ3) is 2.64. The lowest BCUT2D eigenvalue weighted by Crippen LogP contribution is -2.47. The highest BCUT2D eigenvalue weighted by atomic mass is 16.2. The molecule has 17 heavy (non-hydrogen) atoms. The Kier molecular flexibility index (Phi) is 3.42. The second-order valence-corrected chi connectivity index (χ2v) is 4.23. The van der Waals surface area contributed by atoms with Crippen LogP contribution in [0.3, 0.4) is 0 Å². The molecule has 0 saturated carbocycles. The fourth-order valence-corrected chi connectivity index (χ4v) is 1.76. The van der Waals surface area contributed by atoms with Gasteiger partial charge in [0.15, 0.2) is 0 Å². The number of carbonyl (C=O) groups is 2. The van der Waals surface area contributed by atoms with Gasteiger partial charge in [0.1, 0.15) is 0 Å². The lowest BCUT2D eigenvalue weighted by Gasteiger charge is -2.30. The van der Waals surface area contributed by atoms with Crippen molar-refractivity contribution in [1.29, 1.82) is 0 Å². The van der Waals surface area contributed by atoms with Gasteiger partial charge in [-0.25, -0.2) is 0 Å². The van der Waals surface area contributed by atoms with E-state index < -0.39 is 0 Å². The molecule has 1 N–H and O–H groups in total. The third-order valence-electron chi connectivity index (χ3n) is 3.00. The van der Waals surface area contributed by atoms with Gasteiger partial charge in [0.2, 0.25) is 5.91 Å². The van der Waals surface area contributed by atoms with Gasteiger partial charge in [-0.15, -0.1) is 0 Å². The van der Waals surface area contributed by atoms with Crippen molar-refractivity contribution >= 4 is 11.8 Å². The van der Waals surface area contributed by atoms with E-state index in [1.165, 1.54) is 0 Å². The van der Waals surface area contributed by atoms with Crippen LogP contribution in [0.25, 0.3) is 0 Å². The molecule has 1 fully saturated rings. The molecule has 0 aliphatic carbocycles. The van der Waals surface area contributed by atoms with E-state index in [0.717, 1.165) is 25.1 Å². The predicted octanol–water partition coefficient (Wildman–Crippen LogP) is 0.957. The molecule has 0 aromatic heterocycles. The number of amides is 2. The Labute approximate surface area is 101 Å². The van der Waals surface area contributed by atoms with E-state index in [-0.39, 0.29) is 18.4 Å². The largest absolute Gasteiger partial charge is 0.343 e. The molecule has 1 saturated heterocycles. The minimum atomic E-state index is -0.183. The Balaban J connectivity index is 1.89. The molecule has 2 amide bonds. The monoisotopic (exact) mass is 232 g/mol. The summed E-state index contributed by atoms with van der Waals surface area (Å²) in [6.45, 7) is 3.61. The molecule has 90 valence electrons. The van der Waals surface area contributed by atoms with Crippen LogP contribution < -0.4 is 5.32 Å². The highest BCUT2D eigenvalue weighted by Gasteiger charge is 2.20. The zero-order chi connectivity index (χ0) is 12.3. The Morgan fingerprint density at radius 1 is 1.29 bits per heavy atom. The van der Waals surface area contributed by atoms with Crippen LogP contribution in [0.2, 0.25) is 0 Å². The number of rotatable bonds is 3. The van der Waals surface area contributed by atoms with Gasteiger partial charge in [-0.05, 0) is 25.0 Å². The van der Waals surface area contributed by atoms with E-state index in [1.54, 1.807) is 11.0 Å². The number of nitrogens with one attached hydrogen (secondary N) is 1. The Morgan fingerprint density at radius 3 is 2.59 bits per heavy atom. The molecular weight excluding hydrogens is 216 g/mol. The average Bonchev–Trinajstić information content (AvgIpc) is 2.24. The zero-order valence-electron chi connectivity index (χ0n) is 9.90. The van der Waals surface area contributed by atoms with Crippen LogP contribution in [0, 0.1) is 6.92 Å². The maximum Gasteiger partial charge on any atom is 0.251 e. The van der Waals surface area contributed by atoms with E-state index >= 15 is 0 Å². The highest BCUT2D eigenvalue weighted by molar-refractivity contribution is 5.97. The van der Waals surface area contributed by atoms with Crippen LogP contribution in [-0.2, 0) is 4.79 Å². The molecule has 1 aliphatic heterocycles. The molecule has 1 aromatic rings. The fourth-order valence-electron chi connectivity index (χ4n) is 1.76. The average molecular weight is 232 g/mol. The van der Waals surface area contributed by atoms with Crippen LogP contribution in [0.4, 0.5) is 0 Å². The van der Waals surface area contributed by atoms with Crippen LogP contribution in [-0.4, -0.2) is 36.3 Å². The van der Waals surface area contributed by atoms with Crippen molar-refractivity contribution in [2.45, 2.75) is 13.3 Å². The first-order chi connectivity index (χ1) is 8.18. The van der Waals surface area contributed by atoms with Crippen molar-refractivity contribution in [2.75, 3.05) is 19.6 Å². The van der Waals surface area contributed by atoms with E-state index in [4.69, 9.17) is 0 Å². The van der Waals surface area contributed by atoms with Crippen molar-refractivity contribution in [2.24, 2.45) is 0 Å². The van der Waals surface area contributed by atoms with Crippen LogP contribution >= 0.6 is 0 Å². The Morgan fingerprint density at radius 2 is 2.00 bits per heavy atom. The number of likely N-dealkylation sites (tertiary alicyclic amines) is 1. The molecule has 0 spiro atoms. The fraction of sp³-hybridized carbons (Fsp3) is 0.385. The third-order valence-corrected chi connectivity index (χ3v) is 3.00. The van der Waals surface area contributed by atoms with Crippen molar-refractivity contribution < 1.29 is 9.59 Å². The number of carbonyl (C=O) groups excluding carboxylic acids is 2. The molecule has 4 nitrogen and oxygen atoms in total. The van der Waals surface area contributed by atoms with E-state index in [0.29, 0.717) is 5.56 Å². The minimum absolute atomic E-state index is 0.00168. The van der Waals surface area contributed by atoms with Gasteiger partial charge in [0.05, 0.1) is 6.54 Å². The maximum absolute atomic E-state index is 11.8. The molecule has 0 atom stereocenters. The summed E-state index contributed by atoms with van der Waals surface area (Å²) in [6.07, 6.45) is 1.07. The topological polar surface area (TPSA) is 49.4 Å². The summed E-state index contributed by atoms with van der Waals surface area (Å²) in [5.74, 6) is -0.185. The molecule has 4 heteroatoms. The van der Waals surface area contributed by atoms with Gasteiger partial charge in [-0.1, -0.05) is 18.2 Å². The maximum atomic E-state index is 11.8. The summed E-state index contributed by atoms with van der Waals surface area (Å²) < 4.78 is 0. The van der Waals surface area contributed by atoms with Gasteiger partial charge in [-0.3, -0.25) is 9.59 Å². The number of aryl methyl sites for hydroxylation is 1. The first kappa shape index (κ1) is 11.6. The van der Waals surface area contributed by atoms with Gasteiger partial charge in [0.25, 0.3) is 5.91 Å². The first-order valence-corrected chi connectivity index (χ1v) is 5.80. The predicted molar refractivity (Wildman–Crippen MR) is 64.7 cm³/mol. The summed E-state index contributed by atoms with van der Waals surface area (Å²) in [7, 11) is 0. The van der Waals surface area contributed by atoms with Crippen LogP contribution in [0.15, 0.2) is 24.3 Å². The van der Waals surface area contributed by atoms with E-state index in [9.17, 15) is 9.59 Å². The SMILES string of the molecule is Cc1ccccc1C(=O)NCC(=O)N1CCC1. The second-order valence-electron chi connectivity index (χ2n) is 4.23. The summed E-state index contributed by atoms with van der Waals surface area (Å²) in [5, 5.41) is 2.66. The molecule has 0 unspecified atom stereocenters. The van der Waals surface area contributed by atoms with Crippen molar-refractivity contribution in [3.8, 4) is 0 Å². The van der Waals surface area contributed by atoms with Crippen LogP contribution in [0.1, 0.15) is 22.3 Å². The van der Waals surface area contributed by atoms with Gasteiger partial charge in [-0.2, -0.15) is 0 Å². The standard InChI is InChI=1S/C13H16N2O2/c1-10-5-2-3-6-11(10)13(17)14-9-12(16)15-7-4-8-15/h2-3,5-6H,4,7-9H2,1H3,(H,14,17). The van der Waals surface area contributed by atoms with Crippen molar-refractivity contribution in [3.05, 3.63) is 35.4 Å². The van der Waals surface area contributed by atoms with Gasteiger partial charge < -0.3 is 10.2 Å². The zero-order valence-corrected chi connectivity index (χ0v) is 9.90. The van der Waals surface area contributed by atoms with Crippen LogP contribution in [0.5, 0.6) is 0 Å². The number of benzene rings is 1. The normalized spacial score (nSPS) is 14.1. The van der Waals surface area contributed by atoms with Crippen molar-refractivity contribution in [3.63, 3.8) is 0 Å². The first-order valence-electron chi connectivity index (χ1n) is 5.80. The summed E-state index contributed by atoms with van der Waals surface area (Å²) in [6, 6.07) is 7.35. The highest BCUT2D eigenvalue weighted by Crippen LogP contribution is 2.07. The molecule has 0 radical (unpaired) electrons. The number of hydrogen-bond acceptors (Lipinski definition) is 2. The summed E-state index contributed by atoms with van der Waals surface area (Å²) in [5.41, 5.74) is 1.55.